The van der Waals surface area contributed by atoms with Crippen molar-refractivity contribution in [1.29, 1.82) is 0 Å². The second-order valence-electron chi connectivity index (χ2n) is 7.28. The largest absolute Gasteiger partial charge is 0.457 e. The molecule has 0 aliphatic carbocycles. The summed E-state index contributed by atoms with van der Waals surface area (Å²) < 4.78 is 50.1. The number of rotatable bonds is 5. The van der Waals surface area contributed by atoms with Crippen molar-refractivity contribution in [1.82, 2.24) is 4.90 Å². The first-order valence-electron chi connectivity index (χ1n) is 9.80. The lowest BCUT2D eigenvalue weighted by molar-refractivity contribution is -0.137. The first kappa shape index (κ1) is 20.4. The van der Waals surface area contributed by atoms with E-state index in [2.05, 4.69) is 17.0 Å². The quantitative estimate of drug-likeness (QED) is 0.507. The highest BCUT2D eigenvalue weighted by Gasteiger charge is 2.30. The molecular formula is C24H22F3NO2. The van der Waals surface area contributed by atoms with Gasteiger partial charge in [0.05, 0.1) is 18.3 Å². The lowest BCUT2D eigenvalue weighted by atomic mass is 10.1. The number of benzene rings is 3. The third-order valence-electron chi connectivity index (χ3n) is 5.05. The van der Waals surface area contributed by atoms with Crippen LogP contribution in [0.4, 0.5) is 13.2 Å². The normalized spacial score (nSPS) is 17.6. The number of hydrogen-bond donors (Lipinski definition) is 0. The van der Waals surface area contributed by atoms with Gasteiger partial charge in [0.1, 0.15) is 11.5 Å². The molecule has 0 bridgehead atoms. The lowest BCUT2D eigenvalue weighted by Gasteiger charge is -2.33. The fourth-order valence-corrected chi connectivity index (χ4v) is 3.51. The zero-order valence-electron chi connectivity index (χ0n) is 16.3. The maximum Gasteiger partial charge on any atom is 0.416 e. The zero-order chi connectivity index (χ0) is 21.0. The average molecular weight is 413 g/mol. The molecule has 6 heteroatoms. The van der Waals surface area contributed by atoms with Gasteiger partial charge in [0, 0.05) is 19.6 Å². The van der Waals surface area contributed by atoms with Crippen LogP contribution in [-0.4, -0.2) is 24.6 Å². The molecule has 4 rings (SSSR count). The summed E-state index contributed by atoms with van der Waals surface area (Å²) in [5.41, 5.74) is 1.55. The Morgan fingerprint density at radius 2 is 1.67 bits per heavy atom. The summed E-state index contributed by atoms with van der Waals surface area (Å²) in [6.45, 7) is 3.18. The summed E-state index contributed by atoms with van der Waals surface area (Å²) >= 11 is 0. The van der Waals surface area contributed by atoms with Gasteiger partial charge in [0.25, 0.3) is 0 Å². The van der Waals surface area contributed by atoms with E-state index in [9.17, 15) is 13.2 Å². The Morgan fingerprint density at radius 3 is 2.40 bits per heavy atom. The van der Waals surface area contributed by atoms with Gasteiger partial charge in [-0.25, -0.2) is 0 Å². The van der Waals surface area contributed by atoms with E-state index in [-0.39, 0.29) is 11.9 Å². The molecule has 3 aromatic carbocycles. The molecule has 0 saturated carbocycles. The molecule has 3 aromatic rings. The van der Waals surface area contributed by atoms with Crippen LogP contribution in [0.15, 0.2) is 78.9 Å². The van der Waals surface area contributed by atoms with Crippen LogP contribution >= 0.6 is 0 Å². The van der Waals surface area contributed by atoms with Gasteiger partial charge >= 0.3 is 6.18 Å². The maximum absolute atomic E-state index is 12.9. The van der Waals surface area contributed by atoms with Crippen molar-refractivity contribution in [3.63, 3.8) is 0 Å². The molecule has 1 unspecified atom stereocenters. The van der Waals surface area contributed by atoms with Gasteiger partial charge in [-0.3, -0.25) is 4.90 Å². The minimum atomic E-state index is -4.40. The van der Waals surface area contributed by atoms with Crippen LogP contribution in [0.3, 0.4) is 0 Å². The molecule has 1 aliphatic rings. The number of morpholine rings is 1. The predicted molar refractivity (Wildman–Crippen MR) is 108 cm³/mol. The van der Waals surface area contributed by atoms with Crippen molar-refractivity contribution < 1.29 is 22.6 Å². The second kappa shape index (κ2) is 8.90. The highest BCUT2D eigenvalue weighted by atomic mass is 19.4. The van der Waals surface area contributed by atoms with Crippen LogP contribution < -0.4 is 4.74 Å². The van der Waals surface area contributed by atoms with E-state index in [0.717, 1.165) is 37.3 Å². The Hall–Kier alpha value is -2.83. The van der Waals surface area contributed by atoms with E-state index < -0.39 is 11.7 Å². The molecule has 0 radical (unpaired) electrons. The van der Waals surface area contributed by atoms with Gasteiger partial charge in [0.2, 0.25) is 0 Å². The first-order valence-corrected chi connectivity index (χ1v) is 9.80. The topological polar surface area (TPSA) is 21.7 Å². The molecule has 0 amide bonds. The number of nitrogens with zero attached hydrogens (tertiary/aromatic N) is 1. The smallest absolute Gasteiger partial charge is 0.416 e. The van der Waals surface area contributed by atoms with Crippen LogP contribution in [0.2, 0.25) is 0 Å². The summed E-state index contributed by atoms with van der Waals surface area (Å²) in [5, 5.41) is 0. The fourth-order valence-electron chi connectivity index (χ4n) is 3.51. The molecule has 0 spiro atoms. The summed E-state index contributed by atoms with van der Waals surface area (Å²) in [7, 11) is 0. The van der Waals surface area contributed by atoms with Crippen LogP contribution in [0.5, 0.6) is 11.5 Å². The number of hydrogen-bond acceptors (Lipinski definition) is 3. The van der Waals surface area contributed by atoms with E-state index in [4.69, 9.17) is 9.47 Å². The van der Waals surface area contributed by atoms with Crippen LogP contribution in [0.1, 0.15) is 22.8 Å². The van der Waals surface area contributed by atoms with Crippen molar-refractivity contribution in [2.75, 3.05) is 19.7 Å². The van der Waals surface area contributed by atoms with E-state index >= 15 is 0 Å². The number of alkyl halides is 3. The van der Waals surface area contributed by atoms with Crippen molar-refractivity contribution in [2.45, 2.75) is 18.8 Å². The van der Waals surface area contributed by atoms with Crippen molar-refractivity contribution in [3.8, 4) is 11.5 Å². The minimum Gasteiger partial charge on any atom is -0.457 e. The number of halogens is 3. The number of ether oxygens (including phenoxy) is 2. The molecule has 30 heavy (non-hydrogen) atoms. The molecule has 0 N–H and O–H groups in total. The van der Waals surface area contributed by atoms with Gasteiger partial charge in [-0.15, -0.1) is 0 Å². The lowest BCUT2D eigenvalue weighted by Crippen LogP contribution is -2.37. The second-order valence-corrected chi connectivity index (χ2v) is 7.28. The Balaban J connectivity index is 1.39. The van der Waals surface area contributed by atoms with Crippen LogP contribution in [0.25, 0.3) is 0 Å². The molecule has 1 atom stereocenters. The molecule has 1 aliphatic heterocycles. The maximum atomic E-state index is 12.9. The van der Waals surface area contributed by atoms with E-state index in [0.29, 0.717) is 12.4 Å². The summed E-state index contributed by atoms with van der Waals surface area (Å²) in [6.07, 6.45) is -4.45. The molecule has 156 valence electrons. The fraction of sp³-hybridized carbons (Fsp3) is 0.250. The Labute approximate surface area is 173 Å². The van der Waals surface area contributed by atoms with Gasteiger partial charge in [-0.2, -0.15) is 13.2 Å². The minimum absolute atomic E-state index is 0.0509. The molecular weight excluding hydrogens is 391 g/mol. The van der Waals surface area contributed by atoms with Crippen LogP contribution in [-0.2, 0) is 17.5 Å². The molecule has 1 saturated heterocycles. The van der Waals surface area contributed by atoms with Crippen molar-refractivity contribution in [3.05, 3.63) is 95.6 Å². The molecule has 1 fully saturated rings. The van der Waals surface area contributed by atoms with E-state index in [1.54, 1.807) is 12.1 Å². The van der Waals surface area contributed by atoms with Gasteiger partial charge < -0.3 is 9.47 Å². The molecule has 0 aromatic heterocycles. The third kappa shape index (κ3) is 5.20. The Morgan fingerprint density at radius 1 is 0.900 bits per heavy atom. The van der Waals surface area contributed by atoms with Gasteiger partial charge in [0.15, 0.2) is 0 Å². The third-order valence-corrected chi connectivity index (χ3v) is 5.05. The van der Waals surface area contributed by atoms with E-state index in [1.165, 1.54) is 17.7 Å². The highest BCUT2D eigenvalue weighted by Crippen LogP contribution is 2.33. The highest BCUT2D eigenvalue weighted by molar-refractivity contribution is 5.36. The van der Waals surface area contributed by atoms with Gasteiger partial charge in [-0.05, 0) is 41.5 Å². The first-order chi connectivity index (χ1) is 14.5. The Bertz CT molecular complexity index is 958. The standard InChI is InChI=1S/C24H22F3NO2/c25-24(26,27)20-7-4-8-22(15-20)30-21-11-9-19(10-12-21)23-17-28(13-14-29-23)16-18-5-2-1-3-6-18/h1-12,15,23H,13-14,16-17H2. The van der Waals surface area contributed by atoms with Gasteiger partial charge in [-0.1, -0.05) is 48.5 Å². The Kier molecular flexibility index (Phi) is 6.06. The monoisotopic (exact) mass is 413 g/mol. The summed E-state index contributed by atoms with van der Waals surface area (Å²) in [6, 6.07) is 22.5. The average Bonchev–Trinajstić information content (AvgIpc) is 2.75. The predicted octanol–water partition coefficient (Wildman–Crippen LogP) is 6.07. The molecule has 3 nitrogen and oxygen atoms in total. The summed E-state index contributed by atoms with van der Waals surface area (Å²) in [5.74, 6) is 0.635. The van der Waals surface area contributed by atoms with E-state index in [1.807, 2.05) is 30.3 Å². The van der Waals surface area contributed by atoms with Crippen LogP contribution in [0, 0.1) is 0 Å². The zero-order valence-corrected chi connectivity index (χ0v) is 16.3. The van der Waals surface area contributed by atoms with Crippen molar-refractivity contribution in [2.24, 2.45) is 0 Å². The molecule has 1 heterocycles. The summed E-state index contributed by atoms with van der Waals surface area (Å²) in [4.78, 5) is 2.36. The SMILES string of the molecule is FC(F)(F)c1cccc(Oc2ccc(C3CN(Cc4ccccc4)CCO3)cc2)c1. The van der Waals surface area contributed by atoms with Crippen molar-refractivity contribution >= 4 is 0 Å².